The number of anilines is 1. The molecule has 0 bridgehead atoms. The number of amides is 3. The highest BCUT2D eigenvalue weighted by atomic mass is 32.2. The first-order chi connectivity index (χ1) is 15.4. The minimum absolute atomic E-state index is 0.222. The van der Waals surface area contributed by atoms with Gasteiger partial charge in [-0.25, -0.2) is 0 Å². The lowest BCUT2D eigenvalue weighted by Crippen LogP contribution is -2.36. The summed E-state index contributed by atoms with van der Waals surface area (Å²) in [6.45, 7) is 3.55. The molecule has 0 saturated carbocycles. The normalized spacial score (nSPS) is 14.9. The van der Waals surface area contributed by atoms with E-state index < -0.39 is 17.1 Å². The summed E-state index contributed by atoms with van der Waals surface area (Å²) < 4.78 is 5.78. The standard InChI is InChI=1S/C24H20N2O4S2/c1-15-7-10-18(11-8-15)31-22-12-9-17(30-22)13-20-23(28)26(24(29)32-20)14-21(27)25-19-6-4-3-5-16(19)2/h3-13H,14H2,1-2H3,(H,25,27)/b20-13-. The number of rotatable bonds is 6. The number of nitrogens with zero attached hydrogens (tertiary/aromatic N) is 1. The van der Waals surface area contributed by atoms with Gasteiger partial charge in [-0.3, -0.25) is 19.3 Å². The van der Waals surface area contributed by atoms with Crippen LogP contribution in [0.15, 0.2) is 80.0 Å². The predicted octanol–water partition coefficient (Wildman–Crippen LogP) is 5.72. The van der Waals surface area contributed by atoms with Crippen LogP contribution in [-0.2, 0) is 9.59 Å². The molecule has 2 aromatic carbocycles. The van der Waals surface area contributed by atoms with Crippen molar-refractivity contribution in [3.63, 3.8) is 0 Å². The number of carbonyl (C=O) groups is 3. The average Bonchev–Trinajstić information content (AvgIpc) is 3.31. The average molecular weight is 465 g/mol. The highest BCUT2D eigenvalue weighted by Gasteiger charge is 2.36. The summed E-state index contributed by atoms with van der Waals surface area (Å²) in [5, 5.41) is 2.93. The zero-order chi connectivity index (χ0) is 22.7. The van der Waals surface area contributed by atoms with Gasteiger partial charge in [0.25, 0.3) is 11.1 Å². The summed E-state index contributed by atoms with van der Waals surface area (Å²) in [4.78, 5) is 39.6. The van der Waals surface area contributed by atoms with Gasteiger partial charge in [-0.05, 0) is 61.5 Å². The molecule has 1 aromatic heterocycles. The van der Waals surface area contributed by atoms with Crippen molar-refractivity contribution in [3.8, 4) is 0 Å². The molecular formula is C24H20N2O4S2. The molecule has 2 heterocycles. The number of thioether (sulfide) groups is 1. The van der Waals surface area contributed by atoms with Crippen LogP contribution in [0.25, 0.3) is 6.08 Å². The number of para-hydroxylation sites is 1. The zero-order valence-electron chi connectivity index (χ0n) is 17.5. The monoisotopic (exact) mass is 464 g/mol. The molecule has 0 aliphatic carbocycles. The van der Waals surface area contributed by atoms with Gasteiger partial charge in [0.1, 0.15) is 12.3 Å². The zero-order valence-corrected chi connectivity index (χ0v) is 19.1. The summed E-state index contributed by atoms with van der Waals surface area (Å²) in [6, 6.07) is 18.9. The maximum atomic E-state index is 12.7. The maximum absolute atomic E-state index is 12.7. The molecule has 1 aliphatic rings. The van der Waals surface area contributed by atoms with E-state index in [0.29, 0.717) is 16.5 Å². The largest absolute Gasteiger partial charge is 0.450 e. The minimum atomic E-state index is -0.510. The molecular weight excluding hydrogens is 444 g/mol. The van der Waals surface area contributed by atoms with Gasteiger partial charge in [0.05, 0.1) is 4.91 Å². The van der Waals surface area contributed by atoms with Crippen molar-refractivity contribution in [1.82, 2.24) is 4.90 Å². The number of aryl methyl sites for hydroxylation is 2. The van der Waals surface area contributed by atoms with Crippen molar-refractivity contribution >= 4 is 52.3 Å². The summed E-state index contributed by atoms with van der Waals surface area (Å²) in [5.41, 5.74) is 2.72. The van der Waals surface area contributed by atoms with Crippen molar-refractivity contribution in [1.29, 1.82) is 0 Å². The van der Waals surface area contributed by atoms with Crippen LogP contribution >= 0.6 is 23.5 Å². The second kappa shape index (κ2) is 9.50. The lowest BCUT2D eigenvalue weighted by atomic mass is 10.2. The first kappa shape index (κ1) is 22.0. The summed E-state index contributed by atoms with van der Waals surface area (Å²) >= 11 is 2.26. The number of hydrogen-bond acceptors (Lipinski definition) is 6. The molecule has 1 fully saturated rings. The van der Waals surface area contributed by atoms with E-state index in [4.69, 9.17) is 4.42 Å². The minimum Gasteiger partial charge on any atom is -0.450 e. The summed E-state index contributed by atoms with van der Waals surface area (Å²) in [7, 11) is 0. The molecule has 0 atom stereocenters. The Kier molecular flexibility index (Phi) is 6.53. The van der Waals surface area contributed by atoms with Gasteiger partial charge in [-0.2, -0.15) is 0 Å². The Morgan fingerprint density at radius 1 is 1.06 bits per heavy atom. The molecule has 4 rings (SSSR count). The molecule has 0 unspecified atom stereocenters. The van der Waals surface area contributed by atoms with Crippen molar-refractivity contribution in [2.24, 2.45) is 0 Å². The van der Waals surface area contributed by atoms with Gasteiger partial charge >= 0.3 is 0 Å². The first-order valence-electron chi connectivity index (χ1n) is 9.84. The number of carbonyl (C=O) groups excluding carboxylic acids is 3. The number of hydrogen-bond donors (Lipinski definition) is 1. The van der Waals surface area contributed by atoms with Crippen molar-refractivity contribution < 1.29 is 18.8 Å². The van der Waals surface area contributed by atoms with Crippen LogP contribution in [0.5, 0.6) is 0 Å². The lowest BCUT2D eigenvalue weighted by molar-refractivity contribution is -0.127. The molecule has 8 heteroatoms. The van der Waals surface area contributed by atoms with Gasteiger partial charge < -0.3 is 9.73 Å². The van der Waals surface area contributed by atoms with Crippen molar-refractivity contribution in [3.05, 3.63) is 82.5 Å². The van der Waals surface area contributed by atoms with Gasteiger partial charge in [0.15, 0.2) is 5.09 Å². The quantitative estimate of drug-likeness (QED) is 0.470. The second-order valence-electron chi connectivity index (χ2n) is 7.20. The summed E-state index contributed by atoms with van der Waals surface area (Å²) in [5.74, 6) is -0.476. The van der Waals surface area contributed by atoms with E-state index in [9.17, 15) is 14.4 Å². The Hall–Kier alpha value is -3.23. The van der Waals surface area contributed by atoms with E-state index in [1.807, 2.05) is 56.3 Å². The van der Waals surface area contributed by atoms with Crippen molar-refractivity contribution in [2.75, 3.05) is 11.9 Å². The molecule has 32 heavy (non-hydrogen) atoms. The van der Waals surface area contributed by atoms with E-state index in [2.05, 4.69) is 5.32 Å². The Morgan fingerprint density at radius 3 is 2.56 bits per heavy atom. The smallest absolute Gasteiger partial charge is 0.294 e. The van der Waals surface area contributed by atoms with Gasteiger partial charge in [0, 0.05) is 16.7 Å². The third kappa shape index (κ3) is 5.15. The fourth-order valence-corrected chi connectivity index (χ4v) is 4.60. The Labute approximate surface area is 194 Å². The van der Waals surface area contributed by atoms with E-state index in [-0.39, 0.29) is 11.4 Å². The maximum Gasteiger partial charge on any atom is 0.294 e. The second-order valence-corrected chi connectivity index (χ2v) is 9.27. The first-order valence-corrected chi connectivity index (χ1v) is 11.5. The molecule has 6 nitrogen and oxygen atoms in total. The van der Waals surface area contributed by atoms with E-state index in [1.54, 1.807) is 18.2 Å². The molecule has 3 amide bonds. The lowest BCUT2D eigenvalue weighted by Gasteiger charge is -2.13. The predicted molar refractivity (Wildman–Crippen MR) is 126 cm³/mol. The number of imide groups is 1. The Bertz CT molecular complexity index is 1210. The van der Waals surface area contributed by atoms with Crippen LogP contribution in [-0.4, -0.2) is 28.5 Å². The topological polar surface area (TPSA) is 79.6 Å². The van der Waals surface area contributed by atoms with Gasteiger partial charge in [0.2, 0.25) is 5.91 Å². The molecule has 162 valence electrons. The van der Waals surface area contributed by atoms with Crippen molar-refractivity contribution in [2.45, 2.75) is 23.8 Å². The molecule has 0 spiro atoms. The Balaban J connectivity index is 1.41. The van der Waals surface area contributed by atoms with Crippen LogP contribution in [0.2, 0.25) is 0 Å². The van der Waals surface area contributed by atoms with E-state index in [1.165, 1.54) is 23.4 Å². The molecule has 1 aliphatic heterocycles. The fourth-order valence-electron chi connectivity index (χ4n) is 3.00. The third-order valence-electron chi connectivity index (χ3n) is 4.71. The molecule has 3 aromatic rings. The van der Waals surface area contributed by atoms with E-state index >= 15 is 0 Å². The number of nitrogens with one attached hydrogen (secondary N) is 1. The molecule has 0 radical (unpaired) electrons. The SMILES string of the molecule is Cc1ccc(Sc2ccc(/C=C3\SC(=O)N(CC(=O)Nc4ccccc4C)C3=O)o2)cc1. The molecule has 1 N–H and O–H groups in total. The summed E-state index contributed by atoms with van der Waals surface area (Å²) in [6.07, 6.45) is 1.53. The highest BCUT2D eigenvalue weighted by molar-refractivity contribution is 8.18. The highest BCUT2D eigenvalue weighted by Crippen LogP contribution is 2.34. The number of furan rings is 1. The number of benzene rings is 2. The fraction of sp³-hybridized carbons (Fsp3) is 0.125. The van der Waals surface area contributed by atoms with E-state index in [0.717, 1.165) is 27.1 Å². The van der Waals surface area contributed by atoms with Crippen LogP contribution in [0.1, 0.15) is 16.9 Å². The molecule has 1 saturated heterocycles. The van der Waals surface area contributed by atoms with Crippen LogP contribution < -0.4 is 5.32 Å². The Morgan fingerprint density at radius 2 is 1.81 bits per heavy atom. The van der Waals surface area contributed by atoms with Gasteiger partial charge in [-0.15, -0.1) is 0 Å². The third-order valence-corrected chi connectivity index (χ3v) is 6.55. The van der Waals surface area contributed by atoms with Crippen LogP contribution in [0, 0.1) is 13.8 Å². The van der Waals surface area contributed by atoms with Gasteiger partial charge in [-0.1, -0.05) is 47.7 Å². The van der Waals surface area contributed by atoms with Crippen LogP contribution in [0.3, 0.4) is 0 Å². The van der Waals surface area contributed by atoms with Crippen LogP contribution in [0.4, 0.5) is 10.5 Å².